The van der Waals surface area contributed by atoms with E-state index in [2.05, 4.69) is 25.6 Å². The second-order valence-corrected chi connectivity index (χ2v) is 7.38. The zero-order valence-electron chi connectivity index (χ0n) is 17.2. The highest BCUT2D eigenvalue weighted by molar-refractivity contribution is 6.09. The highest BCUT2D eigenvalue weighted by Gasteiger charge is 2.30. The van der Waals surface area contributed by atoms with Crippen LogP contribution in [-0.4, -0.2) is 35.4 Å². The summed E-state index contributed by atoms with van der Waals surface area (Å²) in [7, 11) is 1.70. The van der Waals surface area contributed by atoms with Crippen molar-refractivity contribution in [3.63, 3.8) is 0 Å². The van der Waals surface area contributed by atoms with Crippen LogP contribution >= 0.6 is 0 Å². The Morgan fingerprint density at radius 3 is 2.58 bits per heavy atom. The first-order valence-electron chi connectivity index (χ1n) is 9.87. The van der Waals surface area contributed by atoms with Gasteiger partial charge in [-0.2, -0.15) is 13.2 Å². The van der Waals surface area contributed by atoms with Crippen molar-refractivity contribution < 1.29 is 18.0 Å². The van der Waals surface area contributed by atoms with Gasteiger partial charge in [0.25, 0.3) is 5.91 Å². The third-order valence-corrected chi connectivity index (χ3v) is 5.29. The van der Waals surface area contributed by atoms with Gasteiger partial charge in [-0.3, -0.25) is 9.36 Å². The third-order valence-electron chi connectivity index (χ3n) is 5.29. The molecule has 5 rings (SSSR count). The van der Waals surface area contributed by atoms with E-state index >= 15 is 0 Å². The van der Waals surface area contributed by atoms with E-state index in [0.29, 0.717) is 39.0 Å². The molecule has 8 nitrogen and oxygen atoms in total. The first-order chi connectivity index (χ1) is 15.8. The predicted octanol–water partition coefficient (Wildman–Crippen LogP) is 3.65. The minimum Gasteiger partial charge on any atom is -0.346 e. The molecule has 11 heteroatoms. The van der Waals surface area contributed by atoms with Crippen molar-refractivity contribution in [3.05, 3.63) is 77.9 Å². The van der Waals surface area contributed by atoms with Crippen LogP contribution in [0.15, 0.2) is 61.1 Å². The number of aromatic nitrogens is 6. The Balaban J connectivity index is 1.55. The SMILES string of the molecule is Cn1nnc2c3cc(C(=O)NCc4ccncn4)ccc3n(-c3ccc(C(F)(F)F)cc3)c21. The Labute approximate surface area is 184 Å². The first kappa shape index (κ1) is 20.6. The summed E-state index contributed by atoms with van der Waals surface area (Å²) in [5.74, 6) is -0.296. The predicted molar refractivity (Wildman–Crippen MR) is 114 cm³/mol. The molecule has 0 unspecified atom stereocenters. The van der Waals surface area contributed by atoms with Crippen LogP contribution in [0.5, 0.6) is 0 Å². The Morgan fingerprint density at radius 1 is 1.09 bits per heavy atom. The first-order valence-corrected chi connectivity index (χ1v) is 9.87. The fourth-order valence-corrected chi connectivity index (χ4v) is 3.71. The van der Waals surface area contributed by atoms with Crippen LogP contribution in [-0.2, 0) is 19.8 Å². The lowest BCUT2D eigenvalue weighted by Gasteiger charge is -2.11. The number of benzene rings is 2. The van der Waals surface area contributed by atoms with E-state index < -0.39 is 11.7 Å². The third kappa shape index (κ3) is 3.67. The van der Waals surface area contributed by atoms with Crippen LogP contribution in [0.3, 0.4) is 0 Å². The lowest BCUT2D eigenvalue weighted by Crippen LogP contribution is -2.23. The number of amides is 1. The van der Waals surface area contributed by atoms with Gasteiger partial charge in [-0.15, -0.1) is 5.10 Å². The zero-order chi connectivity index (χ0) is 23.2. The largest absolute Gasteiger partial charge is 0.416 e. The molecule has 3 heterocycles. The average Bonchev–Trinajstić information content (AvgIpc) is 3.35. The molecule has 0 aliphatic carbocycles. The molecule has 0 aliphatic rings. The number of aryl methyl sites for hydroxylation is 1. The monoisotopic (exact) mass is 451 g/mol. The molecule has 0 atom stereocenters. The molecule has 166 valence electrons. The molecule has 0 aliphatic heterocycles. The van der Waals surface area contributed by atoms with Gasteiger partial charge in [0.05, 0.1) is 23.3 Å². The number of hydrogen-bond donors (Lipinski definition) is 1. The van der Waals surface area contributed by atoms with Gasteiger partial charge < -0.3 is 5.32 Å². The summed E-state index contributed by atoms with van der Waals surface area (Å²) in [6, 6.07) is 11.7. The average molecular weight is 451 g/mol. The summed E-state index contributed by atoms with van der Waals surface area (Å²) < 4.78 is 42.3. The topological polar surface area (TPSA) is 90.5 Å². The van der Waals surface area contributed by atoms with Crippen LogP contribution < -0.4 is 5.32 Å². The van der Waals surface area contributed by atoms with E-state index in [1.165, 1.54) is 18.5 Å². The van der Waals surface area contributed by atoms with E-state index in [1.54, 1.807) is 46.8 Å². The number of rotatable bonds is 4. The van der Waals surface area contributed by atoms with Crippen molar-refractivity contribution in [2.45, 2.75) is 12.7 Å². The number of nitrogens with zero attached hydrogens (tertiary/aromatic N) is 6. The lowest BCUT2D eigenvalue weighted by atomic mass is 10.1. The number of nitrogens with one attached hydrogen (secondary N) is 1. The second-order valence-electron chi connectivity index (χ2n) is 7.38. The van der Waals surface area contributed by atoms with Crippen molar-refractivity contribution >= 4 is 28.0 Å². The highest BCUT2D eigenvalue weighted by atomic mass is 19.4. The standard InChI is InChI=1S/C22H16F3N7O/c1-31-21-19(29-30-31)17-10-13(20(33)27-11-15-8-9-26-12-28-15)2-7-18(17)32(21)16-5-3-14(4-6-16)22(23,24)25/h2-10,12H,11H2,1H3,(H,27,33). The number of hydrogen-bond acceptors (Lipinski definition) is 5. The summed E-state index contributed by atoms with van der Waals surface area (Å²) >= 11 is 0. The van der Waals surface area contributed by atoms with Crippen molar-refractivity contribution in [2.24, 2.45) is 7.05 Å². The molecule has 1 N–H and O–H groups in total. The number of carbonyl (C=O) groups is 1. The number of halogens is 3. The van der Waals surface area contributed by atoms with E-state index in [9.17, 15) is 18.0 Å². The Morgan fingerprint density at radius 2 is 1.88 bits per heavy atom. The molecule has 3 aromatic heterocycles. The molecule has 0 bridgehead atoms. The normalized spacial score (nSPS) is 11.9. The van der Waals surface area contributed by atoms with Gasteiger partial charge in [0.1, 0.15) is 11.8 Å². The molecule has 2 aromatic carbocycles. The minimum atomic E-state index is -4.42. The van der Waals surface area contributed by atoms with E-state index in [1.807, 2.05) is 0 Å². The quantitative estimate of drug-likeness (QED) is 0.451. The van der Waals surface area contributed by atoms with Gasteiger partial charge >= 0.3 is 6.18 Å². The maximum atomic E-state index is 13.0. The highest BCUT2D eigenvalue weighted by Crippen LogP contribution is 2.33. The van der Waals surface area contributed by atoms with Crippen molar-refractivity contribution in [1.82, 2.24) is 34.8 Å². The summed E-state index contributed by atoms with van der Waals surface area (Å²) in [6.07, 6.45) is -1.42. The minimum absolute atomic E-state index is 0.243. The lowest BCUT2D eigenvalue weighted by molar-refractivity contribution is -0.137. The molecular weight excluding hydrogens is 435 g/mol. The molecular formula is C22H16F3N7O. The van der Waals surface area contributed by atoms with Gasteiger partial charge in [-0.1, -0.05) is 5.21 Å². The van der Waals surface area contributed by atoms with Gasteiger partial charge in [0.2, 0.25) is 0 Å². The van der Waals surface area contributed by atoms with Crippen molar-refractivity contribution in [3.8, 4) is 5.69 Å². The van der Waals surface area contributed by atoms with Crippen LogP contribution in [0.1, 0.15) is 21.6 Å². The van der Waals surface area contributed by atoms with E-state index in [-0.39, 0.29) is 12.5 Å². The van der Waals surface area contributed by atoms with Gasteiger partial charge in [0, 0.05) is 29.9 Å². The van der Waals surface area contributed by atoms with Crippen molar-refractivity contribution in [1.29, 1.82) is 0 Å². The van der Waals surface area contributed by atoms with Gasteiger partial charge in [-0.05, 0) is 48.5 Å². The van der Waals surface area contributed by atoms with Gasteiger partial charge in [-0.25, -0.2) is 14.6 Å². The van der Waals surface area contributed by atoms with E-state index in [4.69, 9.17) is 0 Å². The molecule has 0 spiro atoms. The van der Waals surface area contributed by atoms with E-state index in [0.717, 1.165) is 12.1 Å². The van der Waals surface area contributed by atoms with Crippen molar-refractivity contribution in [2.75, 3.05) is 0 Å². The van der Waals surface area contributed by atoms with Crippen LogP contribution in [0.4, 0.5) is 13.2 Å². The fourth-order valence-electron chi connectivity index (χ4n) is 3.71. The Hall–Kier alpha value is -4.28. The second kappa shape index (κ2) is 7.69. The smallest absolute Gasteiger partial charge is 0.346 e. The summed E-state index contributed by atoms with van der Waals surface area (Å²) in [5, 5.41) is 11.7. The Kier molecular flexibility index (Phi) is 4.81. The maximum absolute atomic E-state index is 13.0. The molecule has 0 fully saturated rings. The molecule has 33 heavy (non-hydrogen) atoms. The molecule has 5 aromatic rings. The fraction of sp³-hybridized carbons (Fsp3) is 0.136. The Bertz CT molecular complexity index is 1470. The zero-order valence-corrected chi connectivity index (χ0v) is 17.2. The number of alkyl halides is 3. The molecule has 0 saturated heterocycles. The van der Waals surface area contributed by atoms with Crippen LogP contribution in [0.2, 0.25) is 0 Å². The maximum Gasteiger partial charge on any atom is 0.416 e. The molecule has 1 amide bonds. The number of carbonyl (C=O) groups excluding carboxylic acids is 1. The summed E-state index contributed by atoms with van der Waals surface area (Å²) in [5.41, 5.74) is 2.70. The van der Waals surface area contributed by atoms with Crippen LogP contribution in [0.25, 0.3) is 27.8 Å². The van der Waals surface area contributed by atoms with Gasteiger partial charge in [0.15, 0.2) is 5.65 Å². The van der Waals surface area contributed by atoms with Crippen LogP contribution in [0, 0.1) is 0 Å². The summed E-state index contributed by atoms with van der Waals surface area (Å²) in [6.45, 7) is 0.243. The number of fused-ring (bicyclic) bond motifs is 3. The summed E-state index contributed by atoms with van der Waals surface area (Å²) in [4.78, 5) is 20.6. The molecule has 0 radical (unpaired) electrons. The molecule has 0 saturated carbocycles.